The van der Waals surface area contributed by atoms with Gasteiger partial charge in [-0.25, -0.2) is 0 Å². The Hall–Kier alpha value is -4.64. The van der Waals surface area contributed by atoms with Crippen LogP contribution in [0.3, 0.4) is 0 Å². The molecule has 0 aliphatic heterocycles. The van der Waals surface area contributed by atoms with E-state index in [1.807, 2.05) is 66.7 Å². The van der Waals surface area contributed by atoms with Crippen molar-refractivity contribution in [3.63, 3.8) is 0 Å². The highest BCUT2D eigenvalue weighted by Crippen LogP contribution is 2.34. The number of nitrogens with one attached hydrogen (secondary N) is 1. The molecule has 1 fully saturated rings. The number of hydrogen-bond donors (Lipinski definition) is 2. The molecule has 206 valence electrons. The van der Waals surface area contributed by atoms with Crippen molar-refractivity contribution < 1.29 is 14.0 Å². The molecule has 1 atom stereocenters. The first-order chi connectivity index (χ1) is 20.0. The van der Waals surface area contributed by atoms with Crippen molar-refractivity contribution >= 4 is 28.5 Å². The van der Waals surface area contributed by atoms with Gasteiger partial charge in [0, 0.05) is 22.2 Å². The van der Waals surface area contributed by atoms with Gasteiger partial charge in [0.2, 0.25) is 11.8 Å². The maximum Gasteiger partial charge on any atom is 0.248 e. The molecule has 0 saturated heterocycles. The maximum absolute atomic E-state index is 13.7. The summed E-state index contributed by atoms with van der Waals surface area (Å²) < 4.78 is 6.00. The molecule has 1 aromatic heterocycles. The second kappa shape index (κ2) is 11.8. The Morgan fingerprint density at radius 3 is 2.22 bits per heavy atom. The SMILES string of the molecule is NC(=O)c1ccc(CC(C(=O)Nc2ccc(-c3cc4ccccc4o3)cc2)c2ccc(C3CCCCC3)cc2)cc1. The summed E-state index contributed by atoms with van der Waals surface area (Å²) in [6, 6.07) is 33.5. The number of anilines is 1. The van der Waals surface area contributed by atoms with E-state index in [2.05, 4.69) is 29.6 Å². The van der Waals surface area contributed by atoms with Crippen molar-refractivity contribution in [2.24, 2.45) is 5.73 Å². The molecule has 1 unspecified atom stereocenters. The summed E-state index contributed by atoms with van der Waals surface area (Å²) in [7, 11) is 0. The highest BCUT2D eigenvalue weighted by atomic mass is 16.3. The van der Waals surface area contributed by atoms with Gasteiger partial charge in [0.1, 0.15) is 11.3 Å². The number of para-hydroxylation sites is 1. The third-order valence-corrected chi connectivity index (χ3v) is 8.27. The highest BCUT2D eigenvalue weighted by molar-refractivity contribution is 5.96. The van der Waals surface area contributed by atoms with Gasteiger partial charge in [-0.2, -0.15) is 0 Å². The lowest BCUT2D eigenvalue weighted by Gasteiger charge is -2.23. The zero-order valence-electron chi connectivity index (χ0n) is 23.0. The number of amides is 2. The Labute approximate surface area is 240 Å². The quantitative estimate of drug-likeness (QED) is 0.207. The molecule has 1 heterocycles. The first kappa shape index (κ1) is 26.6. The molecular formula is C36H34N2O3. The van der Waals surface area contributed by atoms with Gasteiger partial charge in [-0.15, -0.1) is 0 Å². The lowest BCUT2D eigenvalue weighted by molar-refractivity contribution is -0.117. The standard InChI is InChI=1S/C36H34N2O3/c37-35(39)29-12-10-24(11-13-29)22-32(27-16-14-26(15-17-27)25-6-2-1-3-7-25)36(40)38-31-20-18-28(19-21-31)34-23-30-8-4-5-9-33(30)41-34/h4-5,8-21,23,25,32H,1-3,6-7,22H2,(H2,37,39)(H,38,40). The van der Waals surface area contributed by atoms with Gasteiger partial charge in [0.25, 0.3) is 0 Å². The van der Waals surface area contributed by atoms with E-state index in [4.69, 9.17) is 10.2 Å². The van der Waals surface area contributed by atoms with Crippen LogP contribution in [-0.4, -0.2) is 11.8 Å². The number of benzene rings is 4. The van der Waals surface area contributed by atoms with E-state index in [1.165, 1.54) is 37.7 Å². The van der Waals surface area contributed by atoms with Gasteiger partial charge < -0.3 is 15.5 Å². The van der Waals surface area contributed by atoms with Crippen molar-refractivity contribution in [2.45, 2.75) is 50.4 Å². The Morgan fingerprint density at radius 1 is 0.829 bits per heavy atom. The van der Waals surface area contributed by atoms with Crippen LogP contribution in [0.4, 0.5) is 5.69 Å². The van der Waals surface area contributed by atoms with Gasteiger partial charge in [-0.1, -0.05) is 73.9 Å². The zero-order valence-corrected chi connectivity index (χ0v) is 23.0. The van der Waals surface area contributed by atoms with Gasteiger partial charge in [0.15, 0.2) is 0 Å². The van der Waals surface area contributed by atoms with Gasteiger partial charge in [-0.05, 0) is 90.4 Å². The predicted octanol–water partition coefficient (Wildman–Crippen LogP) is 8.21. The zero-order chi connectivity index (χ0) is 28.2. The molecular weight excluding hydrogens is 508 g/mol. The van der Waals surface area contributed by atoms with Crippen LogP contribution in [0.2, 0.25) is 0 Å². The molecule has 1 aliphatic carbocycles. The first-order valence-corrected chi connectivity index (χ1v) is 14.4. The van der Waals surface area contributed by atoms with Crippen molar-refractivity contribution in [2.75, 3.05) is 5.32 Å². The number of primary amides is 1. The van der Waals surface area contributed by atoms with Crippen LogP contribution in [0.25, 0.3) is 22.3 Å². The molecule has 0 spiro atoms. The largest absolute Gasteiger partial charge is 0.456 e. The summed E-state index contributed by atoms with van der Waals surface area (Å²) >= 11 is 0. The normalized spacial score (nSPS) is 14.5. The van der Waals surface area contributed by atoms with Crippen LogP contribution in [0.1, 0.15) is 71.0 Å². The molecule has 5 heteroatoms. The number of carbonyl (C=O) groups is 2. The minimum atomic E-state index is -0.463. The number of rotatable bonds is 8. The topological polar surface area (TPSA) is 85.3 Å². The molecule has 2 amide bonds. The van der Waals surface area contributed by atoms with E-state index in [0.717, 1.165) is 39.1 Å². The van der Waals surface area contributed by atoms with Crippen molar-refractivity contribution in [3.05, 3.63) is 125 Å². The second-order valence-corrected chi connectivity index (χ2v) is 11.0. The molecule has 1 aliphatic rings. The average molecular weight is 543 g/mol. The molecule has 4 aromatic carbocycles. The van der Waals surface area contributed by atoms with Crippen LogP contribution in [0, 0.1) is 0 Å². The fourth-order valence-corrected chi connectivity index (χ4v) is 5.91. The van der Waals surface area contributed by atoms with Crippen molar-refractivity contribution in [1.29, 1.82) is 0 Å². The molecule has 5 aromatic rings. The van der Waals surface area contributed by atoms with E-state index in [-0.39, 0.29) is 5.91 Å². The van der Waals surface area contributed by atoms with E-state index in [0.29, 0.717) is 17.9 Å². The third-order valence-electron chi connectivity index (χ3n) is 8.27. The predicted molar refractivity (Wildman–Crippen MR) is 164 cm³/mol. The summed E-state index contributed by atoms with van der Waals surface area (Å²) in [5.41, 5.74) is 11.7. The van der Waals surface area contributed by atoms with Crippen LogP contribution in [-0.2, 0) is 11.2 Å². The molecule has 6 rings (SSSR count). The summed E-state index contributed by atoms with van der Waals surface area (Å²) in [4.78, 5) is 25.3. The minimum absolute atomic E-state index is 0.0779. The second-order valence-electron chi connectivity index (χ2n) is 11.0. The summed E-state index contributed by atoms with van der Waals surface area (Å²) in [6.45, 7) is 0. The number of furan rings is 1. The lowest BCUT2D eigenvalue weighted by Crippen LogP contribution is -2.23. The fourth-order valence-electron chi connectivity index (χ4n) is 5.91. The Kier molecular flexibility index (Phi) is 7.68. The van der Waals surface area contributed by atoms with Crippen molar-refractivity contribution in [1.82, 2.24) is 0 Å². The summed E-state index contributed by atoms with van der Waals surface area (Å²) in [5, 5.41) is 4.19. The number of nitrogens with two attached hydrogens (primary N) is 1. The number of fused-ring (bicyclic) bond motifs is 1. The molecule has 0 radical (unpaired) electrons. The lowest BCUT2D eigenvalue weighted by atomic mass is 9.83. The number of carbonyl (C=O) groups excluding carboxylic acids is 2. The average Bonchev–Trinajstić information content (AvgIpc) is 3.45. The first-order valence-electron chi connectivity index (χ1n) is 14.4. The Balaban J connectivity index is 1.22. The van der Waals surface area contributed by atoms with Crippen LogP contribution in [0.15, 0.2) is 108 Å². The molecule has 0 bridgehead atoms. The molecule has 5 nitrogen and oxygen atoms in total. The van der Waals surface area contributed by atoms with E-state index in [1.54, 1.807) is 12.1 Å². The maximum atomic E-state index is 13.7. The summed E-state index contributed by atoms with van der Waals surface area (Å²) in [5.74, 6) is 0.460. The van der Waals surface area contributed by atoms with Gasteiger partial charge >= 0.3 is 0 Å². The van der Waals surface area contributed by atoms with Gasteiger partial charge in [0.05, 0.1) is 5.92 Å². The van der Waals surface area contributed by atoms with Crippen LogP contribution < -0.4 is 11.1 Å². The van der Waals surface area contributed by atoms with Crippen molar-refractivity contribution in [3.8, 4) is 11.3 Å². The van der Waals surface area contributed by atoms with E-state index < -0.39 is 11.8 Å². The van der Waals surface area contributed by atoms with Crippen LogP contribution >= 0.6 is 0 Å². The van der Waals surface area contributed by atoms with E-state index >= 15 is 0 Å². The fraction of sp³-hybridized carbons (Fsp3) is 0.222. The smallest absolute Gasteiger partial charge is 0.248 e. The monoisotopic (exact) mass is 542 g/mol. The van der Waals surface area contributed by atoms with E-state index in [9.17, 15) is 9.59 Å². The molecule has 3 N–H and O–H groups in total. The summed E-state index contributed by atoms with van der Waals surface area (Å²) in [6.07, 6.45) is 6.87. The minimum Gasteiger partial charge on any atom is -0.456 e. The highest BCUT2D eigenvalue weighted by Gasteiger charge is 2.23. The third kappa shape index (κ3) is 6.09. The Bertz CT molecular complexity index is 1610. The molecule has 41 heavy (non-hydrogen) atoms. The van der Waals surface area contributed by atoms with Gasteiger partial charge in [-0.3, -0.25) is 9.59 Å². The Morgan fingerprint density at radius 2 is 1.54 bits per heavy atom. The number of hydrogen-bond acceptors (Lipinski definition) is 3. The molecule has 1 saturated carbocycles. The van der Waals surface area contributed by atoms with Crippen LogP contribution in [0.5, 0.6) is 0 Å².